The number of hydrogen-bond donors (Lipinski definition) is 2. The predicted octanol–water partition coefficient (Wildman–Crippen LogP) is 3.92. The minimum Gasteiger partial charge on any atom is -0.398 e. The zero-order valence-corrected chi connectivity index (χ0v) is 11.9. The Morgan fingerprint density at radius 3 is 1.52 bits per heavy atom. The number of anilines is 2. The topological polar surface area (TPSA) is 52.0 Å². The van der Waals surface area contributed by atoms with Crippen molar-refractivity contribution in [3.05, 3.63) is 71.8 Å². The molecule has 106 valence electrons. The van der Waals surface area contributed by atoms with E-state index in [1.165, 1.54) is 17.5 Å². The van der Waals surface area contributed by atoms with Crippen LogP contribution in [-0.2, 0) is 0 Å². The van der Waals surface area contributed by atoms with E-state index in [-0.39, 0.29) is 0 Å². The molecule has 2 heteroatoms. The second-order valence-corrected chi connectivity index (χ2v) is 6.26. The molecule has 2 aromatic rings. The fourth-order valence-electron chi connectivity index (χ4n) is 4.30. The van der Waals surface area contributed by atoms with Gasteiger partial charge in [0.25, 0.3) is 0 Å². The normalized spacial score (nSPS) is 29.9. The molecule has 1 fully saturated rings. The fourth-order valence-corrected chi connectivity index (χ4v) is 4.30. The average Bonchev–Trinajstić information content (AvgIpc) is 3.09. The van der Waals surface area contributed by atoms with Crippen LogP contribution in [0.1, 0.15) is 29.4 Å². The van der Waals surface area contributed by atoms with E-state index in [1.807, 2.05) is 24.3 Å². The summed E-state index contributed by atoms with van der Waals surface area (Å²) in [5.74, 6) is 2.07. The lowest BCUT2D eigenvalue weighted by Crippen LogP contribution is -2.18. The van der Waals surface area contributed by atoms with Gasteiger partial charge < -0.3 is 11.5 Å². The van der Waals surface area contributed by atoms with Gasteiger partial charge >= 0.3 is 0 Å². The third-order valence-electron chi connectivity index (χ3n) is 5.17. The molecule has 4 N–H and O–H groups in total. The van der Waals surface area contributed by atoms with Crippen molar-refractivity contribution in [2.45, 2.75) is 18.3 Å². The molecular formula is C19H20N2. The van der Waals surface area contributed by atoms with Crippen molar-refractivity contribution in [3.8, 4) is 0 Å². The van der Waals surface area contributed by atoms with Gasteiger partial charge in [0, 0.05) is 11.4 Å². The Balaban J connectivity index is 1.84. The second-order valence-electron chi connectivity index (χ2n) is 6.26. The molecule has 2 nitrogen and oxygen atoms in total. The molecule has 0 aromatic heterocycles. The van der Waals surface area contributed by atoms with E-state index >= 15 is 0 Å². The molecule has 0 heterocycles. The minimum absolute atomic E-state index is 0.450. The van der Waals surface area contributed by atoms with E-state index in [0.717, 1.165) is 11.4 Å². The minimum atomic E-state index is 0.450. The molecule has 4 unspecified atom stereocenters. The highest BCUT2D eigenvalue weighted by Gasteiger charge is 2.46. The Morgan fingerprint density at radius 1 is 0.667 bits per heavy atom. The molecule has 0 saturated heterocycles. The summed E-state index contributed by atoms with van der Waals surface area (Å²) in [6, 6.07) is 16.6. The Hall–Kier alpha value is -2.22. The molecular weight excluding hydrogens is 256 g/mol. The van der Waals surface area contributed by atoms with Crippen LogP contribution in [0.2, 0.25) is 0 Å². The van der Waals surface area contributed by atoms with E-state index in [2.05, 4.69) is 36.4 Å². The Morgan fingerprint density at radius 2 is 1.10 bits per heavy atom. The summed E-state index contributed by atoms with van der Waals surface area (Å²) in [4.78, 5) is 0. The smallest absolute Gasteiger partial charge is 0.0349 e. The van der Waals surface area contributed by atoms with Gasteiger partial charge in [0.1, 0.15) is 0 Å². The number of fused-ring (bicyclic) bond motifs is 2. The van der Waals surface area contributed by atoms with E-state index in [4.69, 9.17) is 11.5 Å². The van der Waals surface area contributed by atoms with Crippen LogP contribution in [0.25, 0.3) is 0 Å². The highest BCUT2D eigenvalue weighted by molar-refractivity contribution is 5.56. The lowest BCUT2D eigenvalue weighted by atomic mass is 9.74. The average molecular weight is 276 g/mol. The monoisotopic (exact) mass is 276 g/mol. The standard InChI is InChI=1S/C19H20N2/c20-16-7-3-1-5-14(16)18-12-9-10-13(11-12)19(18)15-6-2-4-8-17(15)21/h1-10,12-13,18-19H,11,20-21H2. The van der Waals surface area contributed by atoms with Gasteiger partial charge in [0.15, 0.2) is 0 Å². The van der Waals surface area contributed by atoms with Gasteiger partial charge in [-0.2, -0.15) is 0 Å². The van der Waals surface area contributed by atoms with Crippen molar-refractivity contribution in [1.82, 2.24) is 0 Å². The molecule has 0 spiro atoms. The molecule has 21 heavy (non-hydrogen) atoms. The predicted molar refractivity (Wildman–Crippen MR) is 87.9 cm³/mol. The molecule has 2 aliphatic rings. The van der Waals surface area contributed by atoms with Crippen LogP contribution in [-0.4, -0.2) is 0 Å². The Labute approximate surface area is 125 Å². The number of benzene rings is 2. The first-order chi connectivity index (χ1) is 10.3. The number of hydrogen-bond acceptors (Lipinski definition) is 2. The van der Waals surface area contributed by atoms with Crippen LogP contribution in [0.15, 0.2) is 60.7 Å². The maximum atomic E-state index is 6.26. The van der Waals surface area contributed by atoms with E-state index < -0.39 is 0 Å². The summed E-state index contributed by atoms with van der Waals surface area (Å²) in [6.07, 6.45) is 5.97. The Bertz CT molecular complexity index is 645. The molecule has 0 amide bonds. The van der Waals surface area contributed by atoms with Crippen LogP contribution in [0, 0.1) is 11.8 Å². The summed E-state index contributed by atoms with van der Waals surface area (Å²) in [5, 5.41) is 0. The van der Waals surface area contributed by atoms with Gasteiger partial charge in [0.05, 0.1) is 0 Å². The van der Waals surface area contributed by atoms with Crippen molar-refractivity contribution in [2.75, 3.05) is 11.5 Å². The van der Waals surface area contributed by atoms with Crippen LogP contribution < -0.4 is 11.5 Å². The molecule has 0 aliphatic heterocycles. The molecule has 0 radical (unpaired) electrons. The molecule has 4 atom stereocenters. The van der Waals surface area contributed by atoms with Crippen LogP contribution in [0.3, 0.4) is 0 Å². The van der Waals surface area contributed by atoms with Crippen molar-refractivity contribution in [2.24, 2.45) is 11.8 Å². The SMILES string of the molecule is Nc1ccccc1C1C2C=CC(C2)C1c1ccccc1N. The largest absolute Gasteiger partial charge is 0.398 e. The third kappa shape index (κ3) is 1.86. The van der Waals surface area contributed by atoms with Crippen LogP contribution in [0.5, 0.6) is 0 Å². The summed E-state index contributed by atoms with van der Waals surface area (Å²) < 4.78 is 0. The first kappa shape index (κ1) is 12.5. The molecule has 2 aliphatic carbocycles. The summed E-state index contributed by atoms with van der Waals surface area (Å²) in [5.41, 5.74) is 16.9. The van der Waals surface area contributed by atoms with Gasteiger partial charge in [-0.25, -0.2) is 0 Å². The van der Waals surface area contributed by atoms with Gasteiger partial charge in [-0.15, -0.1) is 0 Å². The van der Waals surface area contributed by atoms with Crippen molar-refractivity contribution < 1.29 is 0 Å². The third-order valence-corrected chi connectivity index (χ3v) is 5.17. The van der Waals surface area contributed by atoms with Crippen LogP contribution >= 0.6 is 0 Å². The van der Waals surface area contributed by atoms with Crippen molar-refractivity contribution >= 4 is 11.4 Å². The first-order valence-corrected chi connectivity index (χ1v) is 7.63. The number of allylic oxidation sites excluding steroid dienone is 2. The van der Waals surface area contributed by atoms with Crippen LogP contribution in [0.4, 0.5) is 11.4 Å². The van der Waals surface area contributed by atoms with E-state index in [9.17, 15) is 0 Å². The second kappa shape index (κ2) is 4.66. The number of para-hydroxylation sites is 2. The highest BCUT2D eigenvalue weighted by Crippen LogP contribution is 2.59. The molecule has 2 aromatic carbocycles. The lowest BCUT2D eigenvalue weighted by Gasteiger charge is -2.30. The maximum absolute atomic E-state index is 6.26. The molecule has 1 saturated carbocycles. The molecule has 2 bridgehead atoms. The maximum Gasteiger partial charge on any atom is 0.0349 e. The fraction of sp³-hybridized carbons (Fsp3) is 0.263. The van der Waals surface area contributed by atoms with Gasteiger partial charge in [0.2, 0.25) is 0 Å². The highest BCUT2D eigenvalue weighted by atomic mass is 14.6. The van der Waals surface area contributed by atoms with Gasteiger partial charge in [-0.1, -0.05) is 48.6 Å². The van der Waals surface area contributed by atoms with E-state index in [0.29, 0.717) is 23.7 Å². The van der Waals surface area contributed by atoms with Gasteiger partial charge in [-0.05, 0) is 53.4 Å². The first-order valence-electron chi connectivity index (χ1n) is 7.63. The summed E-state index contributed by atoms with van der Waals surface area (Å²) >= 11 is 0. The number of rotatable bonds is 2. The summed E-state index contributed by atoms with van der Waals surface area (Å²) in [7, 11) is 0. The Kier molecular flexibility index (Phi) is 2.78. The zero-order valence-electron chi connectivity index (χ0n) is 11.9. The molecule has 4 rings (SSSR count). The van der Waals surface area contributed by atoms with Gasteiger partial charge in [-0.3, -0.25) is 0 Å². The number of nitrogen functional groups attached to an aromatic ring is 2. The summed E-state index contributed by atoms with van der Waals surface area (Å²) in [6.45, 7) is 0. The quantitative estimate of drug-likeness (QED) is 0.645. The lowest BCUT2D eigenvalue weighted by molar-refractivity contribution is 0.511. The number of nitrogens with two attached hydrogens (primary N) is 2. The van der Waals surface area contributed by atoms with E-state index in [1.54, 1.807) is 0 Å². The van der Waals surface area contributed by atoms with Crippen molar-refractivity contribution in [3.63, 3.8) is 0 Å². The zero-order chi connectivity index (χ0) is 14.4. The van der Waals surface area contributed by atoms with Crippen molar-refractivity contribution in [1.29, 1.82) is 0 Å².